The van der Waals surface area contributed by atoms with Gasteiger partial charge < -0.3 is 10.6 Å². The van der Waals surface area contributed by atoms with E-state index in [9.17, 15) is 12.8 Å². The van der Waals surface area contributed by atoms with Crippen LogP contribution in [0, 0.1) is 5.82 Å². The molecule has 0 saturated heterocycles. The number of sulfonamides is 1. The highest BCUT2D eigenvalue weighted by molar-refractivity contribution is 7.89. The quantitative estimate of drug-likeness (QED) is 0.814. The van der Waals surface area contributed by atoms with Gasteiger partial charge in [0.15, 0.2) is 0 Å². The van der Waals surface area contributed by atoms with Crippen molar-refractivity contribution in [3.63, 3.8) is 0 Å². The molecule has 1 aromatic rings. The summed E-state index contributed by atoms with van der Waals surface area (Å²) >= 11 is 5.77. The van der Waals surface area contributed by atoms with Crippen LogP contribution in [0.4, 0.5) is 4.39 Å². The molecule has 19 heavy (non-hydrogen) atoms. The molecular formula is C11H17ClFN3O2S. The van der Waals surface area contributed by atoms with E-state index in [2.05, 4.69) is 4.72 Å². The predicted octanol–water partition coefficient (Wildman–Crippen LogP) is 0.778. The third-order valence-corrected chi connectivity index (χ3v) is 4.12. The molecule has 0 saturated carbocycles. The highest BCUT2D eigenvalue weighted by Crippen LogP contribution is 2.23. The van der Waals surface area contributed by atoms with Crippen molar-refractivity contribution in [2.75, 3.05) is 27.2 Å². The lowest BCUT2D eigenvalue weighted by atomic mass is 10.2. The van der Waals surface area contributed by atoms with Gasteiger partial charge in [-0.05, 0) is 26.2 Å². The Morgan fingerprint density at radius 1 is 1.42 bits per heavy atom. The fraction of sp³-hybridized carbons (Fsp3) is 0.455. The minimum Gasteiger partial charge on any atom is -0.326 e. The Labute approximate surface area is 117 Å². The largest absolute Gasteiger partial charge is 0.326 e. The molecule has 0 unspecified atom stereocenters. The van der Waals surface area contributed by atoms with Crippen LogP contribution in [0.25, 0.3) is 0 Å². The number of nitrogens with two attached hydrogens (primary N) is 1. The summed E-state index contributed by atoms with van der Waals surface area (Å²) in [6.07, 6.45) is 0. The molecule has 8 heteroatoms. The molecule has 0 aliphatic heterocycles. The normalized spacial score (nSPS) is 12.1. The van der Waals surface area contributed by atoms with Crippen molar-refractivity contribution in [1.82, 2.24) is 9.62 Å². The highest BCUT2D eigenvalue weighted by atomic mass is 35.5. The first-order valence-electron chi connectivity index (χ1n) is 5.60. The fourth-order valence-corrected chi connectivity index (χ4v) is 2.91. The van der Waals surface area contributed by atoms with Crippen LogP contribution in [0.2, 0.25) is 5.02 Å². The van der Waals surface area contributed by atoms with Crippen LogP contribution >= 0.6 is 11.6 Å². The third-order valence-electron chi connectivity index (χ3n) is 2.44. The lowest BCUT2D eigenvalue weighted by molar-refractivity contribution is 0.412. The van der Waals surface area contributed by atoms with Crippen molar-refractivity contribution in [1.29, 1.82) is 0 Å². The summed E-state index contributed by atoms with van der Waals surface area (Å²) in [6.45, 7) is 0.566. The highest BCUT2D eigenvalue weighted by Gasteiger charge is 2.21. The molecule has 108 valence electrons. The molecule has 0 aliphatic carbocycles. The molecule has 0 spiro atoms. The topological polar surface area (TPSA) is 75.4 Å². The van der Waals surface area contributed by atoms with Gasteiger partial charge in [0.2, 0.25) is 10.0 Å². The van der Waals surface area contributed by atoms with Crippen LogP contribution in [0.1, 0.15) is 5.56 Å². The van der Waals surface area contributed by atoms with E-state index in [1.54, 1.807) is 14.1 Å². The van der Waals surface area contributed by atoms with Gasteiger partial charge in [-0.25, -0.2) is 17.5 Å². The average molecular weight is 310 g/mol. The van der Waals surface area contributed by atoms with Gasteiger partial charge in [-0.15, -0.1) is 0 Å². The van der Waals surface area contributed by atoms with Gasteiger partial charge in [0.1, 0.15) is 10.7 Å². The molecular weight excluding hydrogens is 293 g/mol. The van der Waals surface area contributed by atoms with Crippen LogP contribution in [-0.2, 0) is 16.6 Å². The molecule has 0 fully saturated rings. The Morgan fingerprint density at radius 2 is 2.05 bits per heavy atom. The van der Waals surface area contributed by atoms with Crippen molar-refractivity contribution < 1.29 is 12.8 Å². The molecule has 1 rings (SSSR count). The van der Waals surface area contributed by atoms with E-state index in [0.29, 0.717) is 6.54 Å². The molecule has 1 aromatic carbocycles. The standard InChI is InChI=1S/C11H17ClFN3O2S/c1-16(2)4-3-15-19(17,18)10-6-9(12)5-8(7-14)11(10)13/h5-6,15H,3-4,7,14H2,1-2H3. The number of rotatable bonds is 6. The predicted molar refractivity (Wildman–Crippen MR) is 73.0 cm³/mol. The van der Waals surface area contributed by atoms with Crippen molar-refractivity contribution in [3.8, 4) is 0 Å². The molecule has 0 aliphatic rings. The summed E-state index contributed by atoms with van der Waals surface area (Å²) in [4.78, 5) is 1.33. The summed E-state index contributed by atoms with van der Waals surface area (Å²) in [5.41, 5.74) is 5.42. The molecule has 0 radical (unpaired) electrons. The smallest absolute Gasteiger partial charge is 0.243 e. The number of nitrogens with zero attached hydrogens (tertiary/aromatic N) is 1. The van der Waals surface area contributed by atoms with E-state index in [0.717, 1.165) is 6.07 Å². The van der Waals surface area contributed by atoms with Crippen molar-refractivity contribution in [2.45, 2.75) is 11.4 Å². The van der Waals surface area contributed by atoms with Gasteiger partial charge >= 0.3 is 0 Å². The zero-order valence-corrected chi connectivity index (χ0v) is 12.4. The first-order valence-corrected chi connectivity index (χ1v) is 7.46. The summed E-state index contributed by atoms with van der Waals surface area (Å²) in [6, 6.07) is 2.39. The Kier molecular flexibility index (Phi) is 5.69. The molecule has 0 amide bonds. The van der Waals surface area contributed by atoms with Crippen molar-refractivity contribution >= 4 is 21.6 Å². The van der Waals surface area contributed by atoms with Crippen molar-refractivity contribution in [2.24, 2.45) is 5.73 Å². The average Bonchev–Trinajstić information content (AvgIpc) is 2.30. The van der Waals surface area contributed by atoms with E-state index < -0.39 is 20.7 Å². The Hall–Kier alpha value is -0.730. The molecule has 3 N–H and O–H groups in total. The van der Waals surface area contributed by atoms with Crippen molar-refractivity contribution in [3.05, 3.63) is 28.5 Å². The van der Waals surface area contributed by atoms with E-state index in [1.807, 2.05) is 4.90 Å². The monoisotopic (exact) mass is 309 g/mol. The van der Waals surface area contributed by atoms with Crippen LogP contribution < -0.4 is 10.5 Å². The maximum Gasteiger partial charge on any atom is 0.243 e. The fourth-order valence-electron chi connectivity index (χ4n) is 1.44. The molecule has 0 aromatic heterocycles. The Balaban J connectivity index is 3.04. The maximum absolute atomic E-state index is 14.0. The first-order chi connectivity index (χ1) is 8.77. The Bertz CT molecular complexity index is 549. The summed E-state index contributed by atoms with van der Waals surface area (Å²) in [5, 5.41) is 0.134. The molecule has 0 heterocycles. The number of halogens is 2. The maximum atomic E-state index is 14.0. The van der Waals surface area contributed by atoms with E-state index in [1.165, 1.54) is 6.07 Å². The van der Waals surface area contributed by atoms with Crippen LogP contribution in [0.5, 0.6) is 0 Å². The number of likely N-dealkylation sites (N-methyl/N-ethyl adjacent to an activating group) is 1. The molecule has 0 atom stereocenters. The first kappa shape index (κ1) is 16.3. The second-order valence-corrected chi connectivity index (χ2v) is 6.45. The van der Waals surface area contributed by atoms with E-state index >= 15 is 0 Å². The summed E-state index contributed by atoms with van der Waals surface area (Å²) in [5.74, 6) is -0.857. The minimum absolute atomic E-state index is 0.0699. The number of hydrogen-bond donors (Lipinski definition) is 2. The number of benzene rings is 1. The van der Waals surface area contributed by atoms with Crippen LogP contribution in [0.15, 0.2) is 17.0 Å². The van der Waals surface area contributed by atoms with Crippen LogP contribution in [0.3, 0.4) is 0 Å². The van der Waals surface area contributed by atoms with E-state index in [-0.39, 0.29) is 23.7 Å². The minimum atomic E-state index is -3.93. The van der Waals surface area contributed by atoms with Gasteiger partial charge in [-0.3, -0.25) is 0 Å². The Morgan fingerprint density at radius 3 is 2.58 bits per heavy atom. The van der Waals surface area contributed by atoms with Gasteiger partial charge in [-0.1, -0.05) is 11.6 Å². The number of nitrogens with one attached hydrogen (secondary N) is 1. The van der Waals surface area contributed by atoms with Gasteiger partial charge in [0.25, 0.3) is 0 Å². The molecule has 5 nitrogen and oxygen atoms in total. The van der Waals surface area contributed by atoms with E-state index in [4.69, 9.17) is 17.3 Å². The van der Waals surface area contributed by atoms with Crippen LogP contribution in [-0.4, -0.2) is 40.5 Å². The lowest BCUT2D eigenvalue weighted by Crippen LogP contribution is -2.32. The van der Waals surface area contributed by atoms with Gasteiger partial charge in [0.05, 0.1) is 0 Å². The van der Waals surface area contributed by atoms with Gasteiger partial charge in [-0.2, -0.15) is 0 Å². The third kappa shape index (κ3) is 4.39. The SMILES string of the molecule is CN(C)CCNS(=O)(=O)c1cc(Cl)cc(CN)c1F. The summed E-state index contributed by atoms with van der Waals surface area (Å²) < 4.78 is 40.3. The zero-order valence-electron chi connectivity index (χ0n) is 10.8. The second kappa shape index (κ2) is 6.62. The zero-order chi connectivity index (χ0) is 14.6. The summed E-state index contributed by atoms with van der Waals surface area (Å²) in [7, 11) is -0.321. The molecule has 0 bridgehead atoms. The van der Waals surface area contributed by atoms with Gasteiger partial charge in [0, 0.05) is 30.2 Å². The second-order valence-electron chi connectivity index (χ2n) is 4.28. The lowest BCUT2D eigenvalue weighted by Gasteiger charge is -2.12. The number of hydrogen-bond acceptors (Lipinski definition) is 4.